The summed E-state index contributed by atoms with van der Waals surface area (Å²) in [6.45, 7) is 2.27. The largest absolute Gasteiger partial charge is 0.454 e. The van der Waals surface area contributed by atoms with Crippen LogP contribution in [0, 0.1) is 0 Å². The standard InChI is InChI=1S/C12H15N3O3/c1-7-4-11(15-14-7)13-12(16)8-2-3-9-10(5-8)18-6-17-9/h2-3,5,7,11,14-15H,4,6H2,1H3,(H,13,16). The van der Waals surface area contributed by atoms with Gasteiger partial charge in [-0.1, -0.05) is 0 Å². The van der Waals surface area contributed by atoms with Crippen LogP contribution < -0.4 is 25.6 Å². The Balaban J connectivity index is 1.69. The molecule has 1 fully saturated rings. The van der Waals surface area contributed by atoms with Gasteiger partial charge in [0.1, 0.15) is 0 Å². The third-order valence-electron chi connectivity index (χ3n) is 3.03. The van der Waals surface area contributed by atoms with Crippen molar-refractivity contribution >= 4 is 5.91 Å². The minimum absolute atomic E-state index is 0.0436. The van der Waals surface area contributed by atoms with Crippen LogP contribution in [-0.4, -0.2) is 24.9 Å². The van der Waals surface area contributed by atoms with E-state index in [9.17, 15) is 4.79 Å². The summed E-state index contributed by atoms with van der Waals surface area (Å²) in [6, 6.07) is 5.53. The van der Waals surface area contributed by atoms with Gasteiger partial charge in [-0.25, -0.2) is 5.43 Å². The van der Waals surface area contributed by atoms with Crippen molar-refractivity contribution in [3.05, 3.63) is 23.8 Å². The quantitative estimate of drug-likeness (QED) is 0.706. The fourth-order valence-corrected chi connectivity index (χ4v) is 2.09. The lowest BCUT2D eigenvalue weighted by Crippen LogP contribution is -2.44. The molecule has 0 aliphatic carbocycles. The predicted octanol–water partition coefficient (Wildman–Crippen LogP) is 0.358. The second kappa shape index (κ2) is 4.47. The Morgan fingerprint density at radius 1 is 1.33 bits per heavy atom. The molecule has 1 amide bonds. The third-order valence-corrected chi connectivity index (χ3v) is 3.03. The van der Waals surface area contributed by atoms with Crippen LogP contribution in [0.4, 0.5) is 0 Å². The topological polar surface area (TPSA) is 71.6 Å². The average Bonchev–Trinajstić information content (AvgIpc) is 2.96. The number of hydrogen-bond donors (Lipinski definition) is 3. The second-order valence-electron chi connectivity index (χ2n) is 4.52. The average molecular weight is 249 g/mol. The van der Waals surface area contributed by atoms with E-state index in [0.717, 1.165) is 6.42 Å². The maximum absolute atomic E-state index is 12.0. The summed E-state index contributed by atoms with van der Waals surface area (Å²) in [5.41, 5.74) is 6.65. The molecule has 96 valence electrons. The maximum atomic E-state index is 12.0. The number of carbonyl (C=O) groups is 1. The first kappa shape index (κ1) is 11.3. The summed E-state index contributed by atoms with van der Waals surface area (Å²) in [6.07, 6.45) is 0.814. The molecule has 18 heavy (non-hydrogen) atoms. The Morgan fingerprint density at radius 2 is 2.17 bits per heavy atom. The molecule has 6 heteroatoms. The summed E-state index contributed by atoms with van der Waals surface area (Å²) in [5.74, 6) is 1.18. The normalized spacial score (nSPS) is 25.2. The van der Waals surface area contributed by atoms with Crippen molar-refractivity contribution in [3.8, 4) is 11.5 Å². The van der Waals surface area contributed by atoms with E-state index in [0.29, 0.717) is 23.1 Å². The first-order valence-corrected chi connectivity index (χ1v) is 5.94. The molecule has 2 aliphatic rings. The fourth-order valence-electron chi connectivity index (χ4n) is 2.09. The molecule has 0 bridgehead atoms. The third kappa shape index (κ3) is 2.12. The number of benzene rings is 1. The number of hydrazine groups is 1. The zero-order chi connectivity index (χ0) is 12.5. The first-order valence-electron chi connectivity index (χ1n) is 5.94. The molecular formula is C12H15N3O3. The van der Waals surface area contributed by atoms with Crippen molar-refractivity contribution in [2.75, 3.05) is 6.79 Å². The van der Waals surface area contributed by atoms with Crippen LogP contribution in [0.3, 0.4) is 0 Å². The van der Waals surface area contributed by atoms with Crippen LogP contribution in [0.1, 0.15) is 23.7 Å². The van der Waals surface area contributed by atoms with Crippen molar-refractivity contribution in [1.82, 2.24) is 16.2 Å². The van der Waals surface area contributed by atoms with Crippen LogP contribution in [0.2, 0.25) is 0 Å². The second-order valence-corrected chi connectivity index (χ2v) is 4.52. The van der Waals surface area contributed by atoms with Gasteiger partial charge < -0.3 is 14.8 Å². The van der Waals surface area contributed by atoms with Crippen LogP contribution in [0.25, 0.3) is 0 Å². The minimum atomic E-state index is -0.123. The van der Waals surface area contributed by atoms with Crippen molar-refractivity contribution in [2.45, 2.75) is 25.6 Å². The highest BCUT2D eigenvalue weighted by atomic mass is 16.7. The molecule has 6 nitrogen and oxygen atoms in total. The monoisotopic (exact) mass is 249 g/mol. The molecule has 2 atom stereocenters. The lowest BCUT2D eigenvalue weighted by atomic mass is 10.1. The molecule has 0 radical (unpaired) electrons. The molecule has 0 saturated carbocycles. The van der Waals surface area contributed by atoms with E-state index in [1.807, 2.05) is 0 Å². The van der Waals surface area contributed by atoms with E-state index >= 15 is 0 Å². The van der Waals surface area contributed by atoms with Gasteiger partial charge in [-0.2, -0.15) is 0 Å². The summed E-state index contributed by atoms with van der Waals surface area (Å²) >= 11 is 0. The van der Waals surface area contributed by atoms with Gasteiger partial charge >= 0.3 is 0 Å². The first-order chi connectivity index (χ1) is 8.72. The highest BCUT2D eigenvalue weighted by Crippen LogP contribution is 2.32. The summed E-state index contributed by atoms with van der Waals surface area (Å²) in [7, 11) is 0. The van der Waals surface area contributed by atoms with E-state index in [-0.39, 0.29) is 18.9 Å². The van der Waals surface area contributed by atoms with Gasteiger partial charge in [-0.05, 0) is 31.5 Å². The van der Waals surface area contributed by atoms with Gasteiger partial charge in [0, 0.05) is 11.6 Å². The summed E-state index contributed by atoms with van der Waals surface area (Å²) in [5, 5.41) is 2.91. The molecule has 1 aromatic carbocycles. The molecule has 1 aromatic rings. The molecule has 2 heterocycles. The van der Waals surface area contributed by atoms with Crippen LogP contribution in [-0.2, 0) is 0 Å². The van der Waals surface area contributed by atoms with Crippen LogP contribution in [0.15, 0.2) is 18.2 Å². The van der Waals surface area contributed by atoms with Crippen molar-refractivity contribution in [1.29, 1.82) is 0 Å². The number of hydrogen-bond acceptors (Lipinski definition) is 5. The van der Waals surface area contributed by atoms with Gasteiger partial charge in [-0.3, -0.25) is 10.2 Å². The summed E-state index contributed by atoms with van der Waals surface area (Å²) < 4.78 is 10.5. The van der Waals surface area contributed by atoms with E-state index in [1.54, 1.807) is 18.2 Å². The molecule has 3 N–H and O–H groups in total. The van der Waals surface area contributed by atoms with E-state index < -0.39 is 0 Å². The molecular weight excluding hydrogens is 234 g/mol. The van der Waals surface area contributed by atoms with E-state index in [1.165, 1.54) is 0 Å². The Morgan fingerprint density at radius 3 is 2.94 bits per heavy atom. The molecule has 3 rings (SSSR count). The Bertz CT molecular complexity index is 478. The SMILES string of the molecule is CC1CC(NC(=O)c2ccc3c(c2)OCO3)NN1. The Labute approximate surface area is 105 Å². The van der Waals surface area contributed by atoms with Crippen LogP contribution >= 0.6 is 0 Å². The van der Waals surface area contributed by atoms with Gasteiger partial charge in [-0.15, -0.1) is 0 Å². The maximum Gasteiger partial charge on any atom is 0.252 e. The highest BCUT2D eigenvalue weighted by molar-refractivity contribution is 5.95. The highest BCUT2D eigenvalue weighted by Gasteiger charge is 2.23. The number of amides is 1. The van der Waals surface area contributed by atoms with Crippen LogP contribution in [0.5, 0.6) is 11.5 Å². The number of nitrogens with one attached hydrogen (secondary N) is 3. The van der Waals surface area contributed by atoms with Crippen molar-refractivity contribution in [2.24, 2.45) is 0 Å². The Hall–Kier alpha value is -1.79. The van der Waals surface area contributed by atoms with Gasteiger partial charge in [0.15, 0.2) is 11.5 Å². The molecule has 1 saturated heterocycles. The zero-order valence-electron chi connectivity index (χ0n) is 10.0. The zero-order valence-corrected chi connectivity index (χ0v) is 10.0. The lowest BCUT2D eigenvalue weighted by molar-refractivity contribution is 0.0932. The van der Waals surface area contributed by atoms with Crippen molar-refractivity contribution < 1.29 is 14.3 Å². The molecule has 2 unspecified atom stereocenters. The predicted molar refractivity (Wildman–Crippen MR) is 64.2 cm³/mol. The van der Waals surface area contributed by atoms with Crippen molar-refractivity contribution in [3.63, 3.8) is 0 Å². The van der Waals surface area contributed by atoms with Gasteiger partial charge in [0.2, 0.25) is 6.79 Å². The van der Waals surface area contributed by atoms with Gasteiger partial charge in [0.05, 0.1) is 6.17 Å². The minimum Gasteiger partial charge on any atom is -0.454 e. The molecule has 0 spiro atoms. The van der Waals surface area contributed by atoms with Gasteiger partial charge in [0.25, 0.3) is 5.91 Å². The van der Waals surface area contributed by atoms with E-state index in [4.69, 9.17) is 9.47 Å². The Kier molecular flexibility index (Phi) is 2.81. The lowest BCUT2D eigenvalue weighted by Gasteiger charge is -2.12. The number of ether oxygens (including phenoxy) is 2. The number of rotatable bonds is 2. The number of carbonyl (C=O) groups excluding carboxylic acids is 1. The summed E-state index contributed by atoms with van der Waals surface area (Å²) in [4.78, 5) is 12.0. The molecule has 0 aromatic heterocycles. The number of fused-ring (bicyclic) bond motifs is 1. The van der Waals surface area contributed by atoms with E-state index in [2.05, 4.69) is 23.1 Å². The molecule has 2 aliphatic heterocycles. The smallest absolute Gasteiger partial charge is 0.252 e. The fraction of sp³-hybridized carbons (Fsp3) is 0.417.